The third-order valence-electron chi connectivity index (χ3n) is 4.96. The Morgan fingerprint density at radius 2 is 1.87 bits per heavy atom. The van der Waals surface area contributed by atoms with Crippen LogP contribution in [0.4, 0.5) is 10.1 Å². The van der Waals surface area contributed by atoms with Crippen molar-refractivity contribution in [3.63, 3.8) is 0 Å². The topological polar surface area (TPSA) is 84.2 Å². The number of hydrogen-bond acceptors (Lipinski definition) is 7. The van der Waals surface area contributed by atoms with Crippen LogP contribution in [0.2, 0.25) is 0 Å². The standard InChI is InChI=1S/C20H21FN6O2S/c1-2-30-20-22-11-16-18(24-20)23-13-27(19(16)29)12-17(28)26-9-7-25(8-10-26)15-5-3-14(21)4-6-15/h3-6,11,13H,2,7-10,12H2,1H3. The van der Waals surface area contributed by atoms with E-state index in [1.54, 1.807) is 17.0 Å². The van der Waals surface area contributed by atoms with E-state index in [0.29, 0.717) is 42.4 Å². The second-order valence-electron chi connectivity index (χ2n) is 6.84. The molecule has 1 aliphatic rings. The number of halogens is 1. The van der Waals surface area contributed by atoms with Crippen LogP contribution in [0.3, 0.4) is 0 Å². The Balaban J connectivity index is 1.42. The minimum atomic E-state index is -0.327. The van der Waals surface area contributed by atoms with Gasteiger partial charge in [0.25, 0.3) is 5.56 Å². The molecule has 1 amide bonds. The number of thioether (sulfide) groups is 1. The van der Waals surface area contributed by atoms with Gasteiger partial charge in [0.1, 0.15) is 24.1 Å². The van der Waals surface area contributed by atoms with E-state index < -0.39 is 0 Å². The van der Waals surface area contributed by atoms with Crippen LogP contribution in [0.5, 0.6) is 0 Å². The zero-order chi connectivity index (χ0) is 21.1. The van der Waals surface area contributed by atoms with Crippen molar-refractivity contribution in [2.45, 2.75) is 18.6 Å². The van der Waals surface area contributed by atoms with Crippen molar-refractivity contribution in [3.05, 3.63) is 53.0 Å². The van der Waals surface area contributed by atoms with Crippen molar-refractivity contribution >= 4 is 34.4 Å². The van der Waals surface area contributed by atoms with Crippen molar-refractivity contribution in [1.82, 2.24) is 24.4 Å². The normalized spacial score (nSPS) is 14.3. The van der Waals surface area contributed by atoms with Crippen molar-refractivity contribution < 1.29 is 9.18 Å². The van der Waals surface area contributed by atoms with E-state index >= 15 is 0 Å². The predicted octanol–water partition coefficient (Wildman–Crippen LogP) is 1.79. The summed E-state index contributed by atoms with van der Waals surface area (Å²) < 4.78 is 14.4. The molecular weight excluding hydrogens is 407 g/mol. The molecule has 3 heterocycles. The molecule has 1 saturated heterocycles. The monoisotopic (exact) mass is 428 g/mol. The molecule has 1 aromatic carbocycles. The first-order valence-corrected chi connectivity index (χ1v) is 10.7. The van der Waals surface area contributed by atoms with Gasteiger partial charge in [0.2, 0.25) is 5.91 Å². The Bertz CT molecular complexity index is 1110. The van der Waals surface area contributed by atoms with Crippen LogP contribution < -0.4 is 10.5 Å². The van der Waals surface area contributed by atoms with Crippen molar-refractivity contribution in [1.29, 1.82) is 0 Å². The third kappa shape index (κ3) is 4.28. The molecule has 0 unspecified atom stereocenters. The number of rotatable bonds is 5. The number of aromatic nitrogens is 4. The van der Waals surface area contributed by atoms with Crippen LogP contribution in [0.15, 0.2) is 46.7 Å². The lowest BCUT2D eigenvalue weighted by atomic mass is 10.2. The van der Waals surface area contributed by atoms with Crippen LogP contribution in [0, 0.1) is 5.82 Å². The summed E-state index contributed by atoms with van der Waals surface area (Å²) in [6.07, 6.45) is 2.84. The summed E-state index contributed by atoms with van der Waals surface area (Å²) in [6, 6.07) is 6.33. The van der Waals surface area contributed by atoms with Crippen LogP contribution in [-0.4, -0.2) is 62.3 Å². The van der Waals surface area contributed by atoms with E-state index in [1.165, 1.54) is 41.0 Å². The molecule has 156 valence electrons. The number of nitrogens with zero attached hydrogens (tertiary/aromatic N) is 6. The molecule has 0 radical (unpaired) electrons. The summed E-state index contributed by atoms with van der Waals surface area (Å²) in [5, 5.41) is 0.872. The highest BCUT2D eigenvalue weighted by molar-refractivity contribution is 7.99. The Morgan fingerprint density at radius 1 is 1.13 bits per heavy atom. The number of hydrogen-bond donors (Lipinski definition) is 0. The first kappa shape index (κ1) is 20.3. The van der Waals surface area contributed by atoms with Gasteiger partial charge in [-0.15, -0.1) is 0 Å². The Morgan fingerprint density at radius 3 is 2.57 bits per heavy atom. The average molecular weight is 428 g/mol. The SMILES string of the molecule is CCSc1ncc2c(=O)n(CC(=O)N3CCN(c4ccc(F)cc4)CC3)cnc2n1. The van der Waals surface area contributed by atoms with Crippen molar-refractivity contribution in [2.75, 3.05) is 36.8 Å². The third-order valence-corrected chi connectivity index (χ3v) is 5.70. The van der Waals surface area contributed by atoms with E-state index in [-0.39, 0.29) is 23.8 Å². The van der Waals surface area contributed by atoms with E-state index in [9.17, 15) is 14.0 Å². The number of anilines is 1. The lowest BCUT2D eigenvalue weighted by molar-refractivity contribution is -0.132. The number of carbonyl (C=O) groups excluding carboxylic acids is 1. The second-order valence-corrected chi connectivity index (χ2v) is 8.08. The highest BCUT2D eigenvalue weighted by Gasteiger charge is 2.22. The molecule has 10 heteroatoms. The molecule has 0 aliphatic carbocycles. The van der Waals surface area contributed by atoms with Gasteiger partial charge in [0, 0.05) is 38.1 Å². The van der Waals surface area contributed by atoms with Crippen LogP contribution in [-0.2, 0) is 11.3 Å². The molecule has 0 spiro atoms. The summed E-state index contributed by atoms with van der Waals surface area (Å²) in [5.41, 5.74) is 0.938. The number of carbonyl (C=O) groups is 1. The highest BCUT2D eigenvalue weighted by Crippen LogP contribution is 2.17. The lowest BCUT2D eigenvalue weighted by Crippen LogP contribution is -2.50. The van der Waals surface area contributed by atoms with Gasteiger partial charge in [-0.2, -0.15) is 0 Å². The van der Waals surface area contributed by atoms with Crippen LogP contribution in [0.25, 0.3) is 11.0 Å². The maximum Gasteiger partial charge on any atom is 0.264 e. The Hall–Kier alpha value is -3.01. The molecule has 4 rings (SSSR count). The Kier molecular flexibility index (Phi) is 5.93. The zero-order valence-electron chi connectivity index (χ0n) is 16.5. The predicted molar refractivity (Wildman–Crippen MR) is 113 cm³/mol. The summed E-state index contributed by atoms with van der Waals surface area (Å²) in [4.78, 5) is 42.0. The molecule has 0 bridgehead atoms. The van der Waals surface area contributed by atoms with Crippen LogP contribution in [0.1, 0.15) is 6.92 Å². The zero-order valence-corrected chi connectivity index (χ0v) is 17.3. The maximum atomic E-state index is 13.1. The summed E-state index contributed by atoms with van der Waals surface area (Å²) in [5.74, 6) is 0.412. The molecule has 1 fully saturated rings. The van der Waals surface area contributed by atoms with Crippen molar-refractivity contribution in [2.24, 2.45) is 0 Å². The summed E-state index contributed by atoms with van der Waals surface area (Å²) in [6.45, 7) is 4.28. The number of fused-ring (bicyclic) bond motifs is 1. The van der Waals surface area contributed by atoms with Gasteiger partial charge >= 0.3 is 0 Å². The molecular formula is C20H21FN6O2S. The van der Waals surface area contributed by atoms with Gasteiger partial charge in [-0.3, -0.25) is 14.2 Å². The molecule has 8 nitrogen and oxygen atoms in total. The van der Waals surface area contributed by atoms with E-state index in [4.69, 9.17) is 0 Å². The van der Waals surface area contributed by atoms with Gasteiger partial charge in [-0.05, 0) is 30.0 Å². The van der Waals surface area contributed by atoms with Crippen LogP contribution >= 0.6 is 11.8 Å². The summed E-state index contributed by atoms with van der Waals surface area (Å²) in [7, 11) is 0. The fourth-order valence-corrected chi connectivity index (χ4v) is 3.90. The smallest absolute Gasteiger partial charge is 0.264 e. The number of piperazine rings is 1. The Labute approximate surface area is 176 Å². The lowest BCUT2D eigenvalue weighted by Gasteiger charge is -2.36. The fourth-order valence-electron chi connectivity index (χ4n) is 3.36. The fraction of sp³-hybridized carbons (Fsp3) is 0.350. The summed E-state index contributed by atoms with van der Waals surface area (Å²) >= 11 is 1.47. The van der Waals surface area contributed by atoms with Gasteiger partial charge in [-0.25, -0.2) is 19.3 Å². The van der Waals surface area contributed by atoms with Crippen molar-refractivity contribution in [3.8, 4) is 0 Å². The quantitative estimate of drug-likeness (QED) is 0.452. The van der Waals surface area contributed by atoms with Gasteiger partial charge in [0.15, 0.2) is 10.8 Å². The first-order chi connectivity index (χ1) is 14.5. The molecule has 0 saturated carbocycles. The van der Waals surface area contributed by atoms with Gasteiger partial charge in [-0.1, -0.05) is 18.7 Å². The molecule has 30 heavy (non-hydrogen) atoms. The number of benzene rings is 1. The van der Waals surface area contributed by atoms with Gasteiger partial charge < -0.3 is 9.80 Å². The molecule has 0 atom stereocenters. The molecule has 2 aromatic heterocycles. The van der Waals surface area contributed by atoms with E-state index in [0.717, 1.165) is 11.4 Å². The van der Waals surface area contributed by atoms with E-state index in [1.807, 2.05) is 6.92 Å². The van der Waals surface area contributed by atoms with Gasteiger partial charge in [0.05, 0.1) is 0 Å². The average Bonchev–Trinajstić information content (AvgIpc) is 2.76. The largest absolute Gasteiger partial charge is 0.368 e. The highest BCUT2D eigenvalue weighted by atomic mass is 32.2. The minimum Gasteiger partial charge on any atom is -0.368 e. The molecule has 3 aromatic rings. The molecule has 1 aliphatic heterocycles. The minimum absolute atomic E-state index is 0.0796. The molecule has 0 N–H and O–H groups in total. The van der Waals surface area contributed by atoms with E-state index in [2.05, 4.69) is 19.9 Å². The first-order valence-electron chi connectivity index (χ1n) is 9.68. The number of amides is 1. The maximum absolute atomic E-state index is 13.1. The second kappa shape index (κ2) is 8.78.